The number of halogens is 1. The Bertz CT molecular complexity index is 1460. The Morgan fingerprint density at radius 2 is 1.84 bits per heavy atom. The van der Waals surface area contributed by atoms with Crippen LogP contribution < -0.4 is 15.0 Å². The van der Waals surface area contributed by atoms with Crippen molar-refractivity contribution in [1.29, 1.82) is 5.26 Å². The molecule has 37 heavy (non-hydrogen) atoms. The van der Waals surface area contributed by atoms with Crippen LogP contribution in [0.2, 0.25) is 5.02 Å². The molecule has 9 heteroatoms. The molecule has 3 aromatic carbocycles. The van der Waals surface area contributed by atoms with E-state index in [1.54, 1.807) is 25.3 Å². The molecule has 4 rings (SSSR count). The SMILES string of the molecule is COc1ccc(C=C2N=C(SCC(=O)Nc3cc(Cl)ccc3C#N)N(c3cc(C)cc(C)c3)C2=O)cc1. The average molecular weight is 531 g/mol. The third kappa shape index (κ3) is 6.20. The molecule has 186 valence electrons. The van der Waals surface area contributed by atoms with Gasteiger partial charge in [-0.3, -0.25) is 14.5 Å². The van der Waals surface area contributed by atoms with Gasteiger partial charge >= 0.3 is 0 Å². The van der Waals surface area contributed by atoms with E-state index in [1.807, 2.05) is 62.4 Å². The van der Waals surface area contributed by atoms with E-state index in [0.717, 1.165) is 28.5 Å². The fraction of sp³-hybridized carbons (Fsp3) is 0.143. The van der Waals surface area contributed by atoms with Gasteiger partial charge in [0.2, 0.25) is 5.91 Å². The van der Waals surface area contributed by atoms with Crippen LogP contribution in [0.25, 0.3) is 6.08 Å². The van der Waals surface area contributed by atoms with E-state index in [0.29, 0.717) is 32.9 Å². The van der Waals surface area contributed by atoms with Crippen LogP contribution in [0.1, 0.15) is 22.3 Å². The number of thioether (sulfide) groups is 1. The molecule has 2 amide bonds. The van der Waals surface area contributed by atoms with Gasteiger partial charge in [-0.25, -0.2) is 4.99 Å². The number of nitriles is 1. The highest BCUT2D eigenvalue weighted by Gasteiger charge is 2.32. The number of hydrogen-bond donors (Lipinski definition) is 1. The van der Waals surface area contributed by atoms with Crippen molar-refractivity contribution in [1.82, 2.24) is 0 Å². The van der Waals surface area contributed by atoms with Gasteiger partial charge in [0.15, 0.2) is 5.17 Å². The zero-order valence-electron chi connectivity index (χ0n) is 20.4. The molecule has 0 radical (unpaired) electrons. The highest BCUT2D eigenvalue weighted by atomic mass is 35.5. The number of amidine groups is 1. The lowest BCUT2D eigenvalue weighted by atomic mass is 10.1. The van der Waals surface area contributed by atoms with Crippen molar-refractivity contribution in [2.75, 3.05) is 23.1 Å². The summed E-state index contributed by atoms with van der Waals surface area (Å²) >= 11 is 7.16. The third-order valence-electron chi connectivity index (χ3n) is 5.42. The van der Waals surface area contributed by atoms with Gasteiger partial charge in [-0.1, -0.05) is 41.6 Å². The molecule has 0 aliphatic carbocycles. The van der Waals surface area contributed by atoms with Gasteiger partial charge in [0.1, 0.15) is 17.5 Å². The molecule has 0 saturated heterocycles. The Morgan fingerprint density at radius 3 is 2.49 bits per heavy atom. The standard InChI is InChI=1S/C28H23ClN4O3S/c1-17-10-18(2)12-22(11-17)33-27(35)25(13-19-4-8-23(36-3)9-5-19)32-28(33)37-16-26(34)31-24-14-21(29)7-6-20(24)15-30/h4-14H,16H2,1-3H3,(H,31,34). The predicted octanol–water partition coefficient (Wildman–Crippen LogP) is 5.95. The lowest BCUT2D eigenvalue weighted by molar-refractivity contribution is -0.114. The number of hydrogen-bond acceptors (Lipinski definition) is 6. The number of aliphatic imine (C=N–C) groups is 1. The minimum absolute atomic E-state index is 0.0272. The summed E-state index contributed by atoms with van der Waals surface area (Å²) in [6, 6.07) is 19.8. The summed E-state index contributed by atoms with van der Waals surface area (Å²) < 4.78 is 5.20. The molecule has 1 heterocycles. The van der Waals surface area contributed by atoms with Gasteiger partial charge in [-0.05, 0) is 79.1 Å². The van der Waals surface area contributed by atoms with Crippen LogP contribution in [-0.2, 0) is 9.59 Å². The second kappa shape index (κ2) is 11.3. The van der Waals surface area contributed by atoms with Crippen molar-refractivity contribution in [2.24, 2.45) is 4.99 Å². The van der Waals surface area contributed by atoms with E-state index in [2.05, 4.69) is 10.3 Å². The number of amides is 2. The summed E-state index contributed by atoms with van der Waals surface area (Å²) in [7, 11) is 1.59. The summed E-state index contributed by atoms with van der Waals surface area (Å²) in [5.74, 6) is 0.0413. The van der Waals surface area contributed by atoms with E-state index in [1.165, 1.54) is 11.0 Å². The van der Waals surface area contributed by atoms with E-state index < -0.39 is 0 Å². The second-order valence-corrected chi connectivity index (χ2v) is 9.70. The van der Waals surface area contributed by atoms with Crippen LogP contribution in [-0.4, -0.2) is 29.8 Å². The largest absolute Gasteiger partial charge is 0.497 e. The number of rotatable bonds is 6. The van der Waals surface area contributed by atoms with Gasteiger partial charge in [0.25, 0.3) is 5.91 Å². The Balaban J connectivity index is 1.61. The van der Waals surface area contributed by atoms with Crippen LogP contribution >= 0.6 is 23.4 Å². The molecule has 3 aromatic rings. The molecule has 0 bridgehead atoms. The van der Waals surface area contributed by atoms with Crippen LogP contribution in [0.5, 0.6) is 5.75 Å². The second-order valence-electron chi connectivity index (χ2n) is 8.32. The van der Waals surface area contributed by atoms with Gasteiger partial charge in [0.05, 0.1) is 29.8 Å². The van der Waals surface area contributed by atoms with Crippen LogP contribution in [0.3, 0.4) is 0 Å². The fourth-order valence-corrected chi connectivity index (χ4v) is 4.78. The number of benzene rings is 3. The highest BCUT2D eigenvalue weighted by Crippen LogP contribution is 2.31. The lowest BCUT2D eigenvalue weighted by Crippen LogP contribution is -2.31. The molecular formula is C28H23ClN4O3S. The number of carbonyl (C=O) groups excluding carboxylic acids is 2. The van der Waals surface area contributed by atoms with Crippen LogP contribution in [0, 0.1) is 25.2 Å². The summed E-state index contributed by atoms with van der Waals surface area (Å²) in [5.41, 5.74) is 4.36. The number of aryl methyl sites for hydroxylation is 2. The Labute approximate surface area is 224 Å². The maximum atomic E-state index is 13.5. The van der Waals surface area contributed by atoms with E-state index in [-0.39, 0.29) is 23.3 Å². The molecule has 1 N–H and O–H groups in total. The Morgan fingerprint density at radius 1 is 1.14 bits per heavy atom. The number of methoxy groups -OCH3 is 1. The summed E-state index contributed by atoms with van der Waals surface area (Å²) in [6.07, 6.45) is 1.70. The monoisotopic (exact) mass is 530 g/mol. The van der Waals surface area contributed by atoms with Gasteiger partial charge in [0, 0.05) is 5.02 Å². The van der Waals surface area contributed by atoms with E-state index in [9.17, 15) is 14.9 Å². The maximum absolute atomic E-state index is 13.5. The molecular weight excluding hydrogens is 508 g/mol. The van der Waals surface area contributed by atoms with Crippen molar-refractivity contribution in [2.45, 2.75) is 13.8 Å². The summed E-state index contributed by atoms with van der Waals surface area (Å²) in [5, 5.41) is 12.8. The van der Waals surface area contributed by atoms with Crippen molar-refractivity contribution in [3.05, 3.63) is 93.6 Å². The molecule has 0 fully saturated rings. The molecule has 0 atom stereocenters. The van der Waals surface area contributed by atoms with Crippen LogP contribution in [0.4, 0.5) is 11.4 Å². The fourth-order valence-electron chi connectivity index (χ4n) is 3.79. The smallest absolute Gasteiger partial charge is 0.283 e. The van der Waals surface area contributed by atoms with Crippen LogP contribution in [0.15, 0.2) is 71.4 Å². The molecule has 1 aliphatic heterocycles. The number of carbonyl (C=O) groups is 2. The topological polar surface area (TPSA) is 94.8 Å². The molecule has 0 aromatic heterocycles. The van der Waals surface area contributed by atoms with Gasteiger partial charge in [-0.15, -0.1) is 0 Å². The summed E-state index contributed by atoms with van der Waals surface area (Å²) in [4.78, 5) is 32.3. The van der Waals surface area contributed by atoms with Crippen molar-refractivity contribution in [3.63, 3.8) is 0 Å². The predicted molar refractivity (Wildman–Crippen MR) is 149 cm³/mol. The molecule has 1 aliphatic rings. The number of ether oxygens (including phenoxy) is 1. The first-order valence-corrected chi connectivity index (χ1v) is 12.6. The quantitative estimate of drug-likeness (QED) is 0.397. The first kappa shape index (κ1) is 26.0. The minimum Gasteiger partial charge on any atom is -0.497 e. The normalized spacial score (nSPS) is 13.9. The first-order valence-electron chi connectivity index (χ1n) is 11.3. The number of nitrogens with one attached hydrogen (secondary N) is 1. The van der Waals surface area contributed by atoms with E-state index >= 15 is 0 Å². The van der Waals surface area contributed by atoms with E-state index in [4.69, 9.17) is 16.3 Å². The Kier molecular flexibility index (Phi) is 7.97. The zero-order valence-corrected chi connectivity index (χ0v) is 22.0. The zero-order chi connectivity index (χ0) is 26.5. The molecule has 0 unspecified atom stereocenters. The number of anilines is 2. The van der Waals surface area contributed by atoms with Gasteiger partial charge < -0.3 is 10.1 Å². The summed E-state index contributed by atoms with van der Waals surface area (Å²) in [6.45, 7) is 3.92. The molecule has 0 spiro atoms. The average Bonchev–Trinajstić information content (AvgIpc) is 3.17. The maximum Gasteiger partial charge on any atom is 0.283 e. The first-order chi connectivity index (χ1) is 17.8. The van der Waals surface area contributed by atoms with Crippen molar-refractivity contribution in [3.8, 4) is 11.8 Å². The minimum atomic E-state index is -0.355. The molecule has 0 saturated carbocycles. The highest BCUT2D eigenvalue weighted by molar-refractivity contribution is 8.14. The number of nitrogens with zero attached hydrogens (tertiary/aromatic N) is 3. The van der Waals surface area contributed by atoms with Crippen molar-refractivity contribution >= 4 is 57.8 Å². The Hall–Kier alpha value is -4.06. The van der Waals surface area contributed by atoms with Gasteiger partial charge in [-0.2, -0.15) is 5.26 Å². The molecule has 7 nitrogen and oxygen atoms in total. The lowest BCUT2D eigenvalue weighted by Gasteiger charge is -2.19. The van der Waals surface area contributed by atoms with Crippen molar-refractivity contribution < 1.29 is 14.3 Å². The third-order valence-corrected chi connectivity index (χ3v) is 6.60.